The standard InChI is InChI=1S/C19H26N4O4/c1-27-18(25)7-4-15-2-5-16(6-3-15)23-13-12-22(19(23)26)14-17(24)21-10-8-20-9-11-21/h2-3,5-6,20H,4,7-14H2,1H3. The summed E-state index contributed by atoms with van der Waals surface area (Å²) in [6, 6.07) is 7.46. The van der Waals surface area contributed by atoms with Crippen molar-refractivity contribution < 1.29 is 19.1 Å². The second-order valence-corrected chi connectivity index (χ2v) is 6.73. The van der Waals surface area contributed by atoms with Crippen LogP contribution in [0.4, 0.5) is 10.5 Å². The molecule has 0 spiro atoms. The fourth-order valence-corrected chi connectivity index (χ4v) is 3.34. The van der Waals surface area contributed by atoms with Crippen molar-refractivity contribution in [2.24, 2.45) is 0 Å². The van der Waals surface area contributed by atoms with E-state index in [1.807, 2.05) is 29.2 Å². The Balaban J connectivity index is 1.54. The Hall–Kier alpha value is -2.61. The van der Waals surface area contributed by atoms with Crippen LogP contribution in [0.25, 0.3) is 0 Å². The molecule has 0 saturated carbocycles. The van der Waals surface area contributed by atoms with E-state index in [4.69, 9.17) is 0 Å². The number of aryl methyl sites for hydroxylation is 1. The first kappa shape index (κ1) is 19.2. The zero-order valence-electron chi connectivity index (χ0n) is 15.6. The van der Waals surface area contributed by atoms with Crippen LogP contribution in [-0.4, -0.2) is 80.6 Å². The minimum absolute atomic E-state index is 0.00450. The molecule has 146 valence electrons. The van der Waals surface area contributed by atoms with Crippen LogP contribution in [-0.2, 0) is 20.7 Å². The zero-order chi connectivity index (χ0) is 19.2. The third-order valence-corrected chi connectivity index (χ3v) is 4.98. The molecule has 1 aromatic carbocycles. The van der Waals surface area contributed by atoms with Crippen LogP contribution in [0.2, 0.25) is 0 Å². The summed E-state index contributed by atoms with van der Waals surface area (Å²) >= 11 is 0. The third-order valence-electron chi connectivity index (χ3n) is 4.98. The van der Waals surface area contributed by atoms with E-state index in [2.05, 4.69) is 10.1 Å². The molecular weight excluding hydrogens is 348 g/mol. The van der Waals surface area contributed by atoms with Gasteiger partial charge in [-0.15, -0.1) is 0 Å². The van der Waals surface area contributed by atoms with Crippen LogP contribution in [0.1, 0.15) is 12.0 Å². The maximum atomic E-state index is 12.7. The van der Waals surface area contributed by atoms with Crippen LogP contribution in [0.3, 0.4) is 0 Å². The van der Waals surface area contributed by atoms with Crippen LogP contribution < -0.4 is 10.2 Å². The van der Waals surface area contributed by atoms with Gasteiger partial charge in [-0.3, -0.25) is 14.5 Å². The van der Waals surface area contributed by atoms with Crippen molar-refractivity contribution in [1.29, 1.82) is 0 Å². The maximum absolute atomic E-state index is 12.7. The first-order chi connectivity index (χ1) is 13.1. The molecule has 1 aromatic rings. The number of carbonyl (C=O) groups is 3. The molecule has 0 atom stereocenters. The number of anilines is 1. The van der Waals surface area contributed by atoms with Gasteiger partial charge in [0.1, 0.15) is 6.54 Å². The van der Waals surface area contributed by atoms with Crippen molar-refractivity contribution in [1.82, 2.24) is 15.1 Å². The minimum Gasteiger partial charge on any atom is -0.469 e. The van der Waals surface area contributed by atoms with Gasteiger partial charge in [-0.1, -0.05) is 12.1 Å². The Morgan fingerprint density at radius 1 is 1.07 bits per heavy atom. The van der Waals surface area contributed by atoms with E-state index in [9.17, 15) is 14.4 Å². The molecule has 3 rings (SSSR count). The van der Waals surface area contributed by atoms with Crippen molar-refractivity contribution in [2.75, 3.05) is 57.8 Å². The lowest BCUT2D eigenvalue weighted by atomic mass is 10.1. The number of benzene rings is 1. The number of nitrogens with zero attached hydrogens (tertiary/aromatic N) is 3. The van der Waals surface area contributed by atoms with Gasteiger partial charge < -0.3 is 19.9 Å². The van der Waals surface area contributed by atoms with Crippen molar-refractivity contribution in [2.45, 2.75) is 12.8 Å². The van der Waals surface area contributed by atoms with Gasteiger partial charge in [-0.2, -0.15) is 0 Å². The number of rotatable bonds is 6. The van der Waals surface area contributed by atoms with Gasteiger partial charge >= 0.3 is 12.0 Å². The Morgan fingerprint density at radius 2 is 1.78 bits per heavy atom. The smallest absolute Gasteiger partial charge is 0.325 e. The molecule has 1 N–H and O–H groups in total. The largest absolute Gasteiger partial charge is 0.469 e. The molecule has 27 heavy (non-hydrogen) atoms. The van der Waals surface area contributed by atoms with Crippen LogP contribution >= 0.6 is 0 Å². The SMILES string of the molecule is COC(=O)CCc1ccc(N2CCN(CC(=O)N3CCNCC3)C2=O)cc1. The number of esters is 1. The lowest BCUT2D eigenvalue weighted by Crippen LogP contribution is -2.50. The fourth-order valence-electron chi connectivity index (χ4n) is 3.34. The highest BCUT2D eigenvalue weighted by molar-refractivity contribution is 5.96. The first-order valence-corrected chi connectivity index (χ1v) is 9.29. The van der Waals surface area contributed by atoms with Gasteiger partial charge in [0.05, 0.1) is 7.11 Å². The highest BCUT2D eigenvalue weighted by Gasteiger charge is 2.32. The van der Waals surface area contributed by atoms with Crippen LogP contribution in [0, 0.1) is 0 Å². The zero-order valence-corrected chi connectivity index (χ0v) is 15.6. The van der Waals surface area contributed by atoms with Gasteiger partial charge in [0.15, 0.2) is 0 Å². The van der Waals surface area contributed by atoms with E-state index in [-0.39, 0.29) is 24.5 Å². The molecule has 8 nitrogen and oxygen atoms in total. The molecule has 2 heterocycles. The Morgan fingerprint density at radius 3 is 2.44 bits per heavy atom. The highest BCUT2D eigenvalue weighted by atomic mass is 16.5. The summed E-state index contributed by atoms with van der Waals surface area (Å²) in [5.74, 6) is -0.233. The predicted molar refractivity (Wildman–Crippen MR) is 101 cm³/mol. The van der Waals surface area contributed by atoms with Crippen molar-refractivity contribution in [3.63, 3.8) is 0 Å². The van der Waals surface area contributed by atoms with Gasteiger partial charge in [0.2, 0.25) is 5.91 Å². The molecular formula is C19H26N4O4. The fraction of sp³-hybridized carbons (Fsp3) is 0.526. The second-order valence-electron chi connectivity index (χ2n) is 6.73. The van der Waals surface area contributed by atoms with Crippen molar-refractivity contribution >= 4 is 23.6 Å². The molecule has 2 saturated heterocycles. The molecule has 8 heteroatoms. The second kappa shape index (κ2) is 8.85. The van der Waals surface area contributed by atoms with Crippen molar-refractivity contribution in [3.8, 4) is 0 Å². The Labute approximate surface area is 159 Å². The summed E-state index contributed by atoms with van der Waals surface area (Å²) in [6.45, 7) is 4.22. The lowest BCUT2D eigenvalue weighted by Gasteiger charge is -2.29. The number of nitrogens with one attached hydrogen (secondary N) is 1. The average molecular weight is 374 g/mol. The molecule has 3 amide bonds. The molecule has 2 fully saturated rings. The number of urea groups is 1. The monoisotopic (exact) mass is 374 g/mol. The van der Waals surface area contributed by atoms with E-state index in [1.54, 1.807) is 9.80 Å². The number of piperazine rings is 1. The van der Waals surface area contributed by atoms with E-state index in [0.29, 0.717) is 39.0 Å². The predicted octanol–water partition coefficient (Wildman–Crippen LogP) is 0.466. The third kappa shape index (κ3) is 4.77. The normalized spacial score (nSPS) is 17.4. The molecule has 2 aliphatic heterocycles. The quantitative estimate of drug-likeness (QED) is 0.732. The minimum atomic E-state index is -0.237. The van der Waals surface area contributed by atoms with Gasteiger partial charge in [0.25, 0.3) is 0 Å². The molecule has 0 aromatic heterocycles. The molecule has 0 aliphatic carbocycles. The Bertz CT molecular complexity index is 685. The molecule has 0 bridgehead atoms. The maximum Gasteiger partial charge on any atom is 0.325 e. The topological polar surface area (TPSA) is 82.2 Å². The van der Waals surface area contributed by atoms with E-state index in [0.717, 1.165) is 24.3 Å². The summed E-state index contributed by atoms with van der Waals surface area (Å²) < 4.78 is 4.65. The van der Waals surface area contributed by atoms with Gasteiger partial charge in [0, 0.05) is 51.4 Å². The lowest BCUT2D eigenvalue weighted by molar-refractivity contribution is -0.140. The first-order valence-electron chi connectivity index (χ1n) is 9.29. The van der Waals surface area contributed by atoms with Crippen LogP contribution in [0.15, 0.2) is 24.3 Å². The van der Waals surface area contributed by atoms with Crippen molar-refractivity contribution in [3.05, 3.63) is 29.8 Å². The molecule has 0 radical (unpaired) electrons. The number of ether oxygens (including phenoxy) is 1. The summed E-state index contributed by atoms with van der Waals surface area (Å²) in [7, 11) is 1.38. The number of amides is 3. The van der Waals surface area contributed by atoms with Gasteiger partial charge in [-0.05, 0) is 24.1 Å². The number of methoxy groups -OCH3 is 1. The summed E-state index contributed by atoms with van der Waals surface area (Å²) in [5.41, 5.74) is 1.82. The summed E-state index contributed by atoms with van der Waals surface area (Å²) in [4.78, 5) is 41.4. The average Bonchev–Trinajstić information content (AvgIpc) is 3.07. The summed E-state index contributed by atoms with van der Waals surface area (Å²) in [5, 5.41) is 3.22. The number of hydrogen-bond acceptors (Lipinski definition) is 5. The highest BCUT2D eigenvalue weighted by Crippen LogP contribution is 2.21. The van der Waals surface area contributed by atoms with E-state index in [1.165, 1.54) is 7.11 Å². The number of hydrogen-bond donors (Lipinski definition) is 1. The number of carbonyl (C=O) groups excluding carboxylic acids is 3. The summed E-state index contributed by atoms with van der Waals surface area (Å²) in [6.07, 6.45) is 0.937. The molecule has 2 aliphatic rings. The van der Waals surface area contributed by atoms with E-state index < -0.39 is 0 Å². The van der Waals surface area contributed by atoms with Crippen LogP contribution in [0.5, 0.6) is 0 Å². The van der Waals surface area contributed by atoms with Gasteiger partial charge in [-0.25, -0.2) is 4.79 Å². The Kier molecular flexibility index (Phi) is 6.28. The molecule has 0 unspecified atom stereocenters. The van der Waals surface area contributed by atoms with E-state index >= 15 is 0 Å².